The van der Waals surface area contributed by atoms with Crippen LogP contribution in [-0.2, 0) is 11.2 Å². The molecular formula is C12H14N2O3. The molecule has 90 valence electrons. The molecule has 17 heavy (non-hydrogen) atoms. The molecule has 1 aromatic rings. The Morgan fingerprint density at radius 1 is 1.59 bits per heavy atom. The number of likely N-dealkylation sites (N-methyl/N-ethyl adjacent to an activating group) is 1. The molecule has 0 aromatic heterocycles. The third kappa shape index (κ3) is 2.35. The predicted molar refractivity (Wildman–Crippen MR) is 63.0 cm³/mol. The van der Waals surface area contributed by atoms with E-state index in [1.165, 1.54) is 0 Å². The van der Waals surface area contributed by atoms with Crippen LogP contribution in [-0.4, -0.2) is 36.5 Å². The average Bonchev–Trinajstić information content (AvgIpc) is 2.67. The van der Waals surface area contributed by atoms with E-state index >= 15 is 0 Å². The maximum Gasteiger partial charge on any atom is 0.228 e. The molecule has 1 aromatic carbocycles. The number of anilines is 1. The van der Waals surface area contributed by atoms with E-state index in [1.807, 2.05) is 0 Å². The Balaban J connectivity index is 2.21. The monoisotopic (exact) mass is 234 g/mol. The summed E-state index contributed by atoms with van der Waals surface area (Å²) < 4.78 is 0. The third-order valence-electron chi connectivity index (χ3n) is 2.71. The van der Waals surface area contributed by atoms with Gasteiger partial charge in [0.05, 0.1) is 6.42 Å². The highest BCUT2D eigenvalue weighted by atomic mass is 16.3. The molecule has 1 amide bonds. The summed E-state index contributed by atoms with van der Waals surface area (Å²) in [5.74, 6) is -0.401. The lowest BCUT2D eigenvalue weighted by atomic mass is 10.0. The van der Waals surface area contributed by atoms with Crippen molar-refractivity contribution < 1.29 is 14.7 Å². The van der Waals surface area contributed by atoms with Gasteiger partial charge in [-0.15, -0.1) is 0 Å². The Kier molecular flexibility index (Phi) is 3.21. The Bertz CT molecular complexity index is 471. The number of hydrogen-bond acceptors (Lipinski definition) is 4. The van der Waals surface area contributed by atoms with Gasteiger partial charge in [0.25, 0.3) is 0 Å². The number of carbonyl (C=O) groups is 2. The van der Waals surface area contributed by atoms with Gasteiger partial charge in [-0.25, -0.2) is 0 Å². The van der Waals surface area contributed by atoms with Crippen molar-refractivity contribution in [1.82, 2.24) is 5.32 Å². The Hall–Kier alpha value is -1.72. The zero-order chi connectivity index (χ0) is 12.4. The first-order valence-electron chi connectivity index (χ1n) is 5.41. The van der Waals surface area contributed by atoms with E-state index in [9.17, 15) is 14.7 Å². The number of Topliss-reactive ketones (excluding diaryl/α,β-unsaturated/α-hetero) is 1. The summed E-state index contributed by atoms with van der Waals surface area (Å²) in [4.78, 5) is 23.0. The van der Waals surface area contributed by atoms with Gasteiger partial charge in [0.1, 0.15) is 6.10 Å². The van der Waals surface area contributed by atoms with Crippen LogP contribution in [0.25, 0.3) is 0 Å². The van der Waals surface area contributed by atoms with Gasteiger partial charge in [-0.3, -0.25) is 9.59 Å². The molecule has 2 rings (SSSR count). The van der Waals surface area contributed by atoms with E-state index in [0.717, 1.165) is 11.3 Å². The Morgan fingerprint density at radius 2 is 2.35 bits per heavy atom. The van der Waals surface area contributed by atoms with Crippen LogP contribution in [0.4, 0.5) is 5.69 Å². The highest BCUT2D eigenvalue weighted by molar-refractivity contribution is 6.03. The van der Waals surface area contributed by atoms with Crippen LogP contribution in [0.5, 0.6) is 0 Å². The maximum absolute atomic E-state index is 11.8. The fourth-order valence-corrected chi connectivity index (χ4v) is 1.86. The smallest absolute Gasteiger partial charge is 0.228 e. The summed E-state index contributed by atoms with van der Waals surface area (Å²) in [7, 11) is 1.67. The number of benzene rings is 1. The van der Waals surface area contributed by atoms with Crippen molar-refractivity contribution >= 4 is 17.4 Å². The fraction of sp³-hybridized carbons (Fsp3) is 0.333. The van der Waals surface area contributed by atoms with Gasteiger partial charge in [0, 0.05) is 17.8 Å². The van der Waals surface area contributed by atoms with Crippen molar-refractivity contribution in [3.8, 4) is 0 Å². The van der Waals surface area contributed by atoms with Crippen LogP contribution < -0.4 is 10.6 Å². The Morgan fingerprint density at radius 3 is 3.06 bits per heavy atom. The van der Waals surface area contributed by atoms with Gasteiger partial charge < -0.3 is 15.7 Å². The number of amides is 1. The van der Waals surface area contributed by atoms with Gasteiger partial charge in [0.15, 0.2) is 5.78 Å². The summed E-state index contributed by atoms with van der Waals surface area (Å²) in [5, 5.41) is 15.0. The standard InChI is InChI=1S/C12H14N2O3/c1-13-6-10(15)12(17)7-2-3-9-8(4-7)5-11(16)14-9/h2-4,10,13,15H,5-6H2,1H3,(H,14,16). The highest BCUT2D eigenvalue weighted by Crippen LogP contribution is 2.24. The first kappa shape index (κ1) is 11.8. The van der Waals surface area contributed by atoms with Crippen LogP contribution in [0.1, 0.15) is 15.9 Å². The van der Waals surface area contributed by atoms with Gasteiger partial charge in [-0.1, -0.05) is 0 Å². The molecule has 5 nitrogen and oxygen atoms in total. The first-order valence-corrected chi connectivity index (χ1v) is 5.41. The predicted octanol–water partition coefficient (Wildman–Crippen LogP) is -0.0558. The van der Waals surface area contributed by atoms with Gasteiger partial charge in [0.2, 0.25) is 5.91 Å². The van der Waals surface area contributed by atoms with Crippen molar-refractivity contribution in [3.05, 3.63) is 29.3 Å². The molecule has 5 heteroatoms. The van der Waals surface area contributed by atoms with Crippen LogP contribution >= 0.6 is 0 Å². The molecule has 3 N–H and O–H groups in total. The maximum atomic E-state index is 11.8. The largest absolute Gasteiger partial charge is 0.384 e. The summed E-state index contributed by atoms with van der Waals surface area (Å²) in [6, 6.07) is 4.97. The van der Waals surface area contributed by atoms with E-state index in [1.54, 1.807) is 25.2 Å². The fourth-order valence-electron chi connectivity index (χ4n) is 1.86. The van der Waals surface area contributed by atoms with Crippen molar-refractivity contribution in [2.24, 2.45) is 0 Å². The highest BCUT2D eigenvalue weighted by Gasteiger charge is 2.21. The lowest BCUT2D eigenvalue weighted by molar-refractivity contribution is -0.115. The van der Waals surface area contributed by atoms with Crippen molar-refractivity contribution in [2.45, 2.75) is 12.5 Å². The minimum absolute atomic E-state index is 0.0691. The minimum Gasteiger partial charge on any atom is -0.384 e. The molecule has 0 saturated carbocycles. The summed E-state index contributed by atoms with van der Waals surface area (Å²) >= 11 is 0. The van der Waals surface area contributed by atoms with Crippen molar-refractivity contribution in [1.29, 1.82) is 0 Å². The molecule has 0 spiro atoms. The Labute approximate surface area is 98.8 Å². The van der Waals surface area contributed by atoms with Crippen molar-refractivity contribution in [2.75, 3.05) is 18.9 Å². The molecule has 0 radical (unpaired) electrons. The number of rotatable bonds is 4. The van der Waals surface area contributed by atoms with E-state index in [-0.39, 0.29) is 18.2 Å². The molecule has 1 heterocycles. The normalized spacial score (nSPS) is 15.3. The van der Waals surface area contributed by atoms with Crippen LogP contribution in [0.15, 0.2) is 18.2 Å². The SMILES string of the molecule is CNCC(O)C(=O)c1ccc2c(c1)CC(=O)N2. The van der Waals surface area contributed by atoms with Crippen LogP contribution in [0.2, 0.25) is 0 Å². The molecule has 0 aliphatic carbocycles. The van der Waals surface area contributed by atoms with E-state index in [0.29, 0.717) is 12.0 Å². The molecule has 0 bridgehead atoms. The van der Waals surface area contributed by atoms with Gasteiger partial charge in [-0.05, 0) is 30.8 Å². The van der Waals surface area contributed by atoms with E-state index < -0.39 is 6.10 Å². The van der Waals surface area contributed by atoms with E-state index in [2.05, 4.69) is 10.6 Å². The van der Waals surface area contributed by atoms with E-state index in [4.69, 9.17) is 0 Å². The molecule has 1 aliphatic heterocycles. The lowest BCUT2D eigenvalue weighted by Gasteiger charge is -2.09. The lowest BCUT2D eigenvalue weighted by Crippen LogP contribution is -2.31. The molecular weight excluding hydrogens is 220 g/mol. The molecule has 1 atom stereocenters. The number of hydrogen-bond donors (Lipinski definition) is 3. The molecule has 1 aliphatic rings. The second-order valence-corrected chi connectivity index (χ2v) is 4.03. The molecule has 1 unspecified atom stereocenters. The van der Waals surface area contributed by atoms with Crippen LogP contribution in [0.3, 0.4) is 0 Å². The molecule has 0 saturated heterocycles. The zero-order valence-corrected chi connectivity index (χ0v) is 9.49. The van der Waals surface area contributed by atoms with Crippen molar-refractivity contribution in [3.63, 3.8) is 0 Å². The molecule has 0 fully saturated rings. The van der Waals surface area contributed by atoms with Crippen LogP contribution in [0, 0.1) is 0 Å². The second kappa shape index (κ2) is 4.65. The average molecular weight is 234 g/mol. The minimum atomic E-state index is -1.05. The first-order chi connectivity index (χ1) is 8.11. The number of nitrogens with one attached hydrogen (secondary N) is 2. The topological polar surface area (TPSA) is 78.4 Å². The number of aliphatic hydroxyl groups excluding tert-OH is 1. The summed E-state index contributed by atoms with van der Waals surface area (Å²) in [5.41, 5.74) is 1.98. The zero-order valence-electron chi connectivity index (χ0n) is 9.49. The number of carbonyl (C=O) groups excluding carboxylic acids is 2. The second-order valence-electron chi connectivity index (χ2n) is 4.03. The number of ketones is 1. The number of aliphatic hydroxyl groups is 1. The quantitative estimate of drug-likeness (QED) is 0.638. The van der Waals surface area contributed by atoms with Gasteiger partial charge >= 0.3 is 0 Å². The number of fused-ring (bicyclic) bond motifs is 1. The summed E-state index contributed by atoms with van der Waals surface area (Å²) in [6.07, 6.45) is -0.762. The summed E-state index contributed by atoms with van der Waals surface area (Å²) in [6.45, 7) is 0.215. The third-order valence-corrected chi connectivity index (χ3v) is 2.71. The van der Waals surface area contributed by atoms with Gasteiger partial charge in [-0.2, -0.15) is 0 Å².